The van der Waals surface area contributed by atoms with Crippen LogP contribution in [-0.2, 0) is 22.6 Å². The first-order valence-electron chi connectivity index (χ1n) is 15.7. The molecule has 0 unspecified atom stereocenters. The number of carboxylic acid groups (broad SMARTS) is 1. The molecule has 8 nitrogen and oxygen atoms in total. The van der Waals surface area contributed by atoms with Crippen LogP contribution in [-0.4, -0.2) is 38.9 Å². The lowest BCUT2D eigenvalue weighted by molar-refractivity contribution is -0.268. The number of carboxylic acids is 1. The normalized spacial score (nSPS) is 19.0. The van der Waals surface area contributed by atoms with E-state index in [1.807, 2.05) is 91.0 Å². The molecule has 0 bridgehead atoms. The van der Waals surface area contributed by atoms with Gasteiger partial charge in [0.15, 0.2) is 6.29 Å². The van der Waals surface area contributed by atoms with Gasteiger partial charge in [0.25, 0.3) is 5.91 Å². The van der Waals surface area contributed by atoms with E-state index in [1.54, 1.807) is 30.5 Å². The summed E-state index contributed by atoms with van der Waals surface area (Å²) in [6, 6.07) is 36.1. The molecule has 0 radical (unpaired) electrons. The molecule has 244 valence electrons. The van der Waals surface area contributed by atoms with E-state index in [-0.39, 0.29) is 36.2 Å². The molecule has 9 heteroatoms. The van der Waals surface area contributed by atoms with E-state index in [2.05, 4.69) is 17.2 Å². The molecule has 1 saturated heterocycles. The van der Waals surface area contributed by atoms with Crippen molar-refractivity contribution in [3.05, 3.63) is 155 Å². The number of hydrogen-bond acceptors (Lipinski definition) is 7. The number of amides is 1. The van der Waals surface area contributed by atoms with E-state index < -0.39 is 12.3 Å². The van der Waals surface area contributed by atoms with Crippen molar-refractivity contribution in [2.75, 3.05) is 5.75 Å². The van der Waals surface area contributed by atoms with Crippen LogP contribution < -0.4 is 5.32 Å². The minimum absolute atomic E-state index is 0.0444. The number of rotatable bonds is 11. The monoisotopic (exact) mass is 660 g/mol. The van der Waals surface area contributed by atoms with Crippen LogP contribution in [0, 0.1) is 5.92 Å². The van der Waals surface area contributed by atoms with E-state index in [9.17, 15) is 19.8 Å². The fraction of sp³-hybridized carbons (Fsp3) is 0.205. The number of aromatic carboxylic acids is 1. The third-order valence-corrected chi connectivity index (χ3v) is 9.59. The molecule has 5 aromatic rings. The number of ether oxygens (including phenoxy) is 2. The topological polar surface area (TPSA) is 118 Å². The zero-order chi connectivity index (χ0) is 33.5. The number of pyridine rings is 1. The van der Waals surface area contributed by atoms with Crippen molar-refractivity contribution in [2.45, 2.75) is 43.6 Å². The summed E-state index contributed by atoms with van der Waals surface area (Å²) in [5.74, 6) is -0.740. The average Bonchev–Trinajstić information content (AvgIpc) is 3.14. The lowest BCUT2D eigenvalue weighted by Crippen LogP contribution is -2.38. The number of thioether (sulfide) groups is 1. The number of carbonyl (C=O) groups excluding carboxylic acids is 1. The highest BCUT2D eigenvalue weighted by Gasteiger charge is 2.38. The molecule has 4 atom stereocenters. The Bertz CT molecular complexity index is 1850. The fourth-order valence-corrected chi connectivity index (χ4v) is 6.93. The number of nitrogens with zero attached hydrogens (tertiary/aromatic N) is 1. The molecule has 6 rings (SSSR count). The minimum Gasteiger partial charge on any atom is -0.478 e. The zero-order valence-electron chi connectivity index (χ0n) is 26.4. The molecule has 48 heavy (non-hydrogen) atoms. The third-order valence-electron chi connectivity index (χ3n) is 8.50. The van der Waals surface area contributed by atoms with Gasteiger partial charge in [-0.3, -0.25) is 4.79 Å². The lowest BCUT2D eigenvalue weighted by atomic mass is 9.91. The predicted molar refractivity (Wildman–Crippen MR) is 184 cm³/mol. The number of nitrogens with one attached hydrogen (secondary N) is 1. The molecule has 3 N–H and O–H groups in total. The second-order valence-electron chi connectivity index (χ2n) is 11.6. The molecule has 1 fully saturated rings. The first-order valence-corrected chi connectivity index (χ1v) is 16.7. The van der Waals surface area contributed by atoms with Crippen molar-refractivity contribution in [2.24, 2.45) is 5.92 Å². The highest BCUT2D eigenvalue weighted by atomic mass is 32.2. The Kier molecular flexibility index (Phi) is 10.6. The van der Waals surface area contributed by atoms with Crippen LogP contribution in [0.3, 0.4) is 0 Å². The van der Waals surface area contributed by atoms with Gasteiger partial charge in [-0.2, -0.15) is 0 Å². The molecular formula is C39H36N2O6S. The maximum absolute atomic E-state index is 12.7. The number of carbonyl (C=O) groups is 2. The molecule has 4 aromatic carbocycles. The minimum atomic E-state index is -1.02. The summed E-state index contributed by atoms with van der Waals surface area (Å²) >= 11 is 1.36. The Morgan fingerprint density at radius 3 is 2.27 bits per heavy atom. The Balaban J connectivity index is 1.22. The number of aliphatic hydroxyl groups is 1. The largest absolute Gasteiger partial charge is 0.478 e. The first-order chi connectivity index (χ1) is 23.4. The van der Waals surface area contributed by atoms with Gasteiger partial charge in [-0.1, -0.05) is 97.9 Å². The van der Waals surface area contributed by atoms with Crippen LogP contribution in [0.4, 0.5) is 0 Å². The van der Waals surface area contributed by atoms with Gasteiger partial charge in [0.05, 0.1) is 24.4 Å². The SMILES string of the molecule is C[C@@H]1[C@H](CSc2ncccc2C(=O)O)O[C@H](c2ccc(-c3ccccc3CNC(=O)c3ccccc3)cc2)O[C@@H]1c1ccc(CO)cc1. The molecule has 1 aliphatic heterocycles. The van der Waals surface area contributed by atoms with E-state index >= 15 is 0 Å². The van der Waals surface area contributed by atoms with Gasteiger partial charge in [0.2, 0.25) is 0 Å². The molecule has 1 amide bonds. The van der Waals surface area contributed by atoms with Gasteiger partial charge in [-0.05, 0) is 52.1 Å². The summed E-state index contributed by atoms with van der Waals surface area (Å²) in [6.07, 6.45) is 0.326. The van der Waals surface area contributed by atoms with Crippen LogP contribution in [0.1, 0.15) is 62.3 Å². The van der Waals surface area contributed by atoms with Crippen LogP contribution in [0.2, 0.25) is 0 Å². The summed E-state index contributed by atoms with van der Waals surface area (Å²) in [4.78, 5) is 28.8. The van der Waals surface area contributed by atoms with Crippen LogP contribution in [0.5, 0.6) is 0 Å². The van der Waals surface area contributed by atoms with E-state index in [4.69, 9.17) is 9.47 Å². The molecular weight excluding hydrogens is 625 g/mol. The van der Waals surface area contributed by atoms with Gasteiger partial charge in [-0.25, -0.2) is 9.78 Å². The first kappa shape index (κ1) is 33.1. The summed E-state index contributed by atoms with van der Waals surface area (Å²) in [6.45, 7) is 2.41. The number of aromatic nitrogens is 1. The summed E-state index contributed by atoms with van der Waals surface area (Å²) in [5.41, 5.74) is 6.39. The maximum atomic E-state index is 12.7. The summed E-state index contributed by atoms with van der Waals surface area (Å²) < 4.78 is 13.2. The predicted octanol–water partition coefficient (Wildman–Crippen LogP) is 7.45. The highest BCUT2D eigenvalue weighted by molar-refractivity contribution is 7.99. The summed E-state index contributed by atoms with van der Waals surface area (Å²) in [5, 5.41) is 22.7. The van der Waals surface area contributed by atoms with E-state index in [0.29, 0.717) is 22.9 Å². The molecule has 2 heterocycles. The quantitative estimate of drug-likeness (QED) is 0.125. The van der Waals surface area contributed by atoms with E-state index in [0.717, 1.165) is 33.4 Å². The smallest absolute Gasteiger partial charge is 0.338 e. The van der Waals surface area contributed by atoms with Crippen molar-refractivity contribution in [1.82, 2.24) is 10.3 Å². The highest BCUT2D eigenvalue weighted by Crippen LogP contribution is 2.43. The Morgan fingerprint density at radius 1 is 0.833 bits per heavy atom. The summed E-state index contributed by atoms with van der Waals surface area (Å²) in [7, 11) is 0. The van der Waals surface area contributed by atoms with Crippen LogP contribution in [0.15, 0.2) is 126 Å². The van der Waals surface area contributed by atoms with Gasteiger partial charge in [0.1, 0.15) is 5.03 Å². The number of hydrogen-bond donors (Lipinski definition) is 3. The van der Waals surface area contributed by atoms with Crippen molar-refractivity contribution >= 4 is 23.6 Å². The Hall–Kier alpha value is -4.80. The van der Waals surface area contributed by atoms with Crippen LogP contribution >= 0.6 is 11.8 Å². The average molecular weight is 661 g/mol. The number of benzene rings is 4. The molecule has 1 aliphatic rings. The Labute approximate surface area is 283 Å². The standard InChI is InChI=1S/C39H36N2O6S/c1-25-34(24-48-37-33(38(44)45)12-7-21-40-37)46-39(47-35(25)28-15-13-26(23-42)14-16-28)30-19-17-27(18-20-30)32-11-6-5-10-31(32)22-41-36(43)29-8-3-2-4-9-29/h2-21,25,34-35,39,42H,22-24H2,1H3,(H,41,43)(H,44,45)/t25-,34+,35+,39+/m1/s1. The van der Waals surface area contributed by atoms with Crippen LogP contribution in [0.25, 0.3) is 11.1 Å². The molecule has 0 aliphatic carbocycles. The number of aliphatic hydroxyl groups excluding tert-OH is 1. The van der Waals surface area contributed by atoms with Gasteiger partial charge < -0.3 is 25.0 Å². The fourth-order valence-electron chi connectivity index (χ4n) is 5.78. The third kappa shape index (κ3) is 7.67. The van der Waals surface area contributed by atoms with Crippen molar-refractivity contribution in [3.8, 4) is 11.1 Å². The second-order valence-corrected chi connectivity index (χ2v) is 12.6. The van der Waals surface area contributed by atoms with Gasteiger partial charge >= 0.3 is 5.97 Å². The van der Waals surface area contributed by atoms with Crippen molar-refractivity contribution < 1.29 is 29.3 Å². The second kappa shape index (κ2) is 15.4. The zero-order valence-corrected chi connectivity index (χ0v) is 27.2. The maximum Gasteiger partial charge on any atom is 0.338 e. The van der Waals surface area contributed by atoms with Crippen molar-refractivity contribution in [3.63, 3.8) is 0 Å². The molecule has 1 aromatic heterocycles. The van der Waals surface area contributed by atoms with Gasteiger partial charge in [-0.15, -0.1) is 11.8 Å². The molecule has 0 saturated carbocycles. The Morgan fingerprint density at radius 2 is 1.54 bits per heavy atom. The van der Waals surface area contributed by atoms with Crippen molar-refractivity contribution in [1.29, 1.82) is 0 Å². The lowest BCUT2D eigenvalue weighted by Gasteiger charge is -2.41. The molecule has 0 spiro atoms. The van der Waals surface area contributed by atoms with Gasteiger partial charge in [0, 0.05) is 35.5 Å². The van der Waals surface area contributed by atoms with E-state index in [1.165, 1.54) is 11.8 Å².